The van der Waals surface area contributed by atoms with Crippen molar-refractivity contribution in [3.63, 3.8) is 0 Å². The highest BCUT2D eigenvalue weighted by molar-refractivity contribution is 7.89. The first-order valence-corrected chi connectivity index (χ1v) is 26.6. The lowest BCUT2D eigenvalue weighted by Gasteiger charge is -2.20. The van der Waals surface area contributed by atoms with E-state index >= 15 is 0 Å². The summed E-state index contributed by atoms with van der Waals surface area (Å²) in [6.45, 7) is 12.5. The Labute approximate surface area is 429 Å². The molecule has 4 aromatic rings. The van der Waals surface area contributed by atoms with Crippen LogP contribution < -0.4 is 20.5 Å². The number of carbonyl (C=O) groups excluding carboxylic acids is 2. The predicted molar refractivity (Wildman–Crippen MR) is 276 cm³/mol. The molecule has 16 nitrogen and oxygen atoms in total. The van der Waals surface area contributed by atoms with Crippen LogP contribution in [0.25, 0.3) is 0 Å². The number of nitrogens with two attached hydrogens (primary N) is 1. The Morgan fingerprint density at radius 3 is 1.38 bits per heavy atom. The maximum absolute atomic E-state index is 13.1. The van der Waals surface area contributed by atoms with E-state index in [0.717, 1.165) is 35.8 Å². The lowest BCUT2D eigenvalue weighted by atomic mass is 10.00. The average Bonchev–Trinajstić information content (AvgIpc) is 3.64. The van der Waals surface area contributed by atoms with Crippen LogP contribution in [0.1, 0.15) is 68.5 Å². The van der Waals surface area contributed by atoms with E-state index < -0.39 is 38.5 Å². The third-order valence-electron chi connectivity index (χ3n) is 12.4. The van der Waals surface area contributed by atoms with Crippen LogP contribution in [-0.2, 0) is 73.2 Å². The van der Waals surface area contributed by atoms with Gasteiger partial charge in [0.2, 0.25) is 32.2 Å². The smallest absolute Gasteiger partial charge is 0.446 e. The number of ether oxygens (including phenoxy) is 2. The summed E-state index contributed by atoms with van der Waals surface area (Å²) in [5.74, 6) is 0.00747. The number of carboxylic acids is 1. The van der Waals surface area contributed by atoms with Crippen LogP contribution >= 0.6 is 0 Å². The van der Waals surface area contributed by atoms with Crippen molar-refractivity contribution in [1.29, 1.82) is 0 Å². The zero-order valence-corrected chi connectivity index (χ0v) is 45.3. The van der Waals surface area contributed by atoms with E-state index in [2.05, 4.69) is 65.6 Å². The molecule has 4 aromatic carbocycles. The van der Waals surface area contributed by atoms with Crippen molar-refractivity contribution >= 4 is 38.2 Å². The maximum atomic E-state index is 13.1. The van der Waals surface area contributed by atoms with Crippen LogP contribution in [0.5, 0.6) is 11.5 Å². The molecule has 0 bridgehead atoms. The molecule has 2 aliphatic heterocycles. The fourth-order valence-corrected chi connectivity index (χ4v) is 11.4. The van der Waals surface area contributed by atoms with Gasteiger partial charge >= 0.3 is 12.1 Å². The number of benzene rings is 4. The second-order valence-electron chi connectivity index (χ2n) is 18.2. The largest absolute Gasteiger partial charge is 0.497 e. The number of carboxylic acid groups (broad SMARTS) is 1. The van der Waals surface area contributed by atoms with Crippen molar-refractivity contribution < 1.29 is 59.0 Å². The van der Waals surface area contributed by atoms with Crippen LogP contribution in [0.3, 0.4) is 0 Å². The molecule has 0 spiro atoms. The zero-order valence-electron chi connectivity index (χ0n) is 43.7. The first-order valence-electron chi connectivity index (χ1n) is 23.7. The first-order chi connectivity index (χ1) is 34.2. The molecule has 4 N–H and O–H groups in total. The SMILES string of the molecule is CN1CCc2ccc(CN)cc2CC1.COc1cc(C)c(S(=O)(=O)N(C)CCC(=O)NCc2ccc3c(c2)CCN(C)CC3)c(C)c1.COc1cc(C)c(S(=O)(=O)N(C)CCC(=O)O)c(C)c1.O=CC(F)(F)F. The number of aryl methyl sites for hydroxylation is 4. The quantitative estimate of drug-likeness (QED) is 0.117. The van der Waals surface area contributed by atoms with Crippen molar-refractivity contribution in [1.82, 2.24) is 23.7 Å². The van der Waals surface area contributed by atoms with Gasteiger partial charge in [0.15, 0.2) is 0 Å². The minimum absolute atomic E-state index is 0.0669. The van der Waals surface area contributed by atoms with Gasteiger partial charge in [-0.2, -0.15) is 13.2 Å². The number of sulfonamides is 2. The molecule has 2 aliphatic rings. The third-order valence-corrected chi connectivity index (χ3v) is 16.7. The van der Waals surface area contributed by atoms with Gasteiger partial charge in [-0.15, -0.1) is 0 Å². The van der Waals surface area contributed by atoms with Crippen LogP contribution in [0.2, 0.25) is 0 Å². The van der Waals surface area contributed by atoms with Gasteiger partial charge in [0.05, 0.1) is 30.4 Å². The van der Waals surface area contributed by atoms with Gasteiger partial charge in [0, 0.05) is 72.9 Å². The Hall–Kier alpha value is -5.42. The number of aliphatic carboxylic acids is 1. The minimum atomic E-state index is -4.64. The Morgan fingerprint density at radius 2 is 1.03 bits per heavy atom. The van der Waals surface area contributed by atoms with E-state index in [4.69, 9.17) is 25.1 Å². The van der Waals surface area contributed by atoms with Crippen molar-refractivity contribution in [2.24, 2.45) is 5.73 Å². The number of fused-ring (bicyclic) bond motifs is 2. The number of nitrogens with one attached hydrogen (secondary N) is 1. The summed E-state index contributed by atoms with van der Waals surface area (Å²) in [5, 5.41) is 11.6. The molecule has 73 heavy (non-hydrogen) atoms. The molecule has 404 valence electrons. The van der Waals surface area contributed by atoms with Gasteiger partial charge in [0.25, 0.3) is 0 Å². The molecule has 6 rings (SSSR count). The number of amides is 1. The highest BCUT2D eigenvalue weighted by Crippen LogP contribution is 2.29. The number of carbonyl (C=O) groups is 3. The molecule has 0 saturated heterocycles. The molecule has 1 amide bonds. The van der Waals surface area contributed by atoms with Crippen molar-refractivity contribution in [3.8, 4) is 11.5 Å². The third kappa shape index (κ3) is 19.1. The van der Waals surface area contributed by atoms with E-state index in [0.29, 0.717) is 46.8 Å². The fourth-order valence-electron chi connectivity index (χ4n) is 8.24. The average molecular weight is 1060 g/mol. The predicted octanol–water partition coefficient (Wildman–Crippen LogP) is 6.00. The topological polar surface area (TPSA) is 209 Å². The highest BCUT2D eigenvalue weighted by Gasteiger charge is 2.28. The van der Waals surface area contributed by atoms with Crippen LogP contribution in [0.4, 0.5) is 13.2 Å². The zero-order chi connectivity index (χ0) is 54.8. The normalized spacial score (nSPS) is 14.1. The molecular weight excluding hydrogens is 990 g/mol. The van der Waals surface area contributed by atoms with E-state index in [1.165, 1.54) is 79.3 Å². The van der Waals surface area contributed by atoms with Gasteiger partial charge in [-0.1, -0.05) is 36.4 Å². The van der Waals surface area contributed by atoms with Gasteiger partial charge in [-0.05, 0) is 147 Å². The van der Waals surface area contributed by atoms with Crippen LogP contribution in [0.15, 0.2) is 70.5 Å². The molecule has 0 radical (unpaired) electrons. The second-order valence-corrected chi connectivity index (χ2v) is 22.1. The molecular formula is C52H73F3N6O10S2. The molecule has 0 fully saturated rings. The van der Waals surface area contributed by atoms with E-state index in [1.807, 2.05) is 0 Å². The number of likely N-dealkylation sites (N-methyl/N-ethyl adjacent to an activating group) is 2. The summed E-state index contributed by atoms with van der Waals surface area (Å²) < 4.78 is 95.0. The van der Waals surface area contributed by atoms with E-state index in [1.54, 1.807) is 59.1 Å². The first kappa shape index (κ1) is 61.9. The molecule has 0 aliphatic carbocycles. The molecule has 0 atom stereocenters. The monoisotopic (exact) mass is 1060 g/mol. The van der Waals surface area contributed by atoms with Crippen molar-refractivity contribution in [2.75, 3.05) is 81.7 Å². The van der Waals surface area contributed by atoms with E-state index in [-0.39, 0.29) is 41.6 Å². The number of methoxy groups -OCH3 is 2. The Morgan fingerprint density at radius 1 is 0.671 bits per heavy atom. The van der Waals surface area contributed by atoms with Gasteiger partial charge in [0.1, 0.15) is 11.5 Å². The minimum Gasteiger partial charge on any atom is -0.497 e. The summed E-state index contributed by atoms with van der Waals surface area (Å²) in [7, 11) is 2.87. The standard InChI is InChI=1S/C25H35N3O4S.C13H19NO5S.C12H18N2.C2HF3O/c1-18-14-23(32-5)15-19(2)25(18)33(30,31)28(4)13-10-24(29)26-17-20-6-7-21-8-11-27(3)12-9-22(21)16-20;1-9-7-11(19-4)8-10(2)13(9)20(17,18)14(3)6-5-12(15)16;1-14-6-4-11-3-2-10(9-13)8-12(11)5-7-14;3-2(4,5)1-6/h6-7,14-16H,8-13,17H2,1-5H3,(H,26,29);7-8H,5-6H2,1-4H3,(H,15,16);2-3,8H,4-7,9,13H2,1H3;1H. The summed E-state index contributed by atoms with van der Waals surface area (Å²) in [5.41, 5.74) is 16.1. The molecule has 21 heteroatoms. The summed E-state index contributed by atoms with van der Waals surface area (Å²) in [4.78, 5) is 36.9. The van der Waals surface area contributed by atoms with Crippen molar-refractivity contribution in [3.05, 3.63) is 116 Å². The van der Waals surface area contributed by atoms with Gasteiger partial charge in [-0.25, -0.2) is 25.4 Å². The number of hydrogen-bond donors (Lipinski definition) is 3. The number of hydrogen-bond acceptors (Lipinski definition) is 12. The maximum Gasteiger partial charge on any atom is 0.446 e. The van der Waals surface area contributed by atoms with Crippen LogP contribution in [-0.4, -0.2) is 146 Å². The number of halogens is 3. The summed E-state index contributed by atoms with van der Waals surface area (Å²) in [6.07, 6.45) is -1.43. The van der Waals surface area contributed by atoms with E-state index in [9.17, 15) is 39.6 Å². The summed E-state index contributed by atoms with van der Waals surface area (Å²) in [6, 6.07) is 19.8. The Balaban J connectivity index is 0.000000296. The second kappa shape index (κ2) is 28.3. The molecule has 2 heterocycles. The number of alkyl halides is 3. The van der Waals surface area contributed by atoms with Crippen molar-refractivity contribution in [2.45, 2.75) is 95.3 Å². The number of aldehydes is 1. The Bertz CT molecular complexity index is 2690. The Kier molecular flexibility index (Phi) is 24.0. The number of rotatable bonds is 15. The van der Waals surface area contributed by atoms with Gasteiger partial charge < -0.3 is 35.4 Å². The lowest BCUT2D eigenvalue weighted by Crippen LogP contribution is -2.33. The highest BCUT2D eigenvalue weighted by atomic mass is 32.2. The van der Waals surface area contributed by atoms with Crippen LogP contribution in [0, 0.1) is 27.7 Å². The number of nitrogens with zero attached hydrogens (tertiary/aromatic N) is 4. The lowest BCUT2D eigenvalue weighted by molar-refractivity contribution is -0.156. The summed E-state index contributed by atoms with van der Waals surface area (Å²) >= 11 is 0. The molecule has 0 aromatic heterocycles. The molecule has 0 unspecified atom stereocenters. The van der Waals surface area contributed by atoms with Gasteiger partial charge in [-0.3, -0.25) is 14.4 Å². The fraction of sp³-hybridized carbons (Fsp3) is 0.481. The molecule has 0 saturated carbocycles.